The minimum Gasteiger partial charge on any atom is -0.333 e. The predicted octanol–water partition coefficient (Wildman–Crippen LogP) is 1.45. The van der Waals surface area contributed by atoms with Crippen LogP contribution in [0.3, 0.4) is 0 Å². The highest BCUT2D eigenvalue weighted by Crippen LogP contribution is 2.26. The zero-order chi connectivity index (χ0) is 9.26. The molecule has 1 aliphatic heterocycles. The minimum atomic E-state index is 0.668. The molecule has 1 unspecified atom stereocenters. The smallest absolute Gasteiger partial charge is 0.150 e. The van der Waals surface area contributed by atoms with E-state index in [0.29, 0.717) is 11.1 Å². The summed E-state index contributed by atoms with van der Waals surface area (Å²) in [6.07, 6.45) is 5.17. The van der Waals surface area contributed by atoms with E-state index in [9.17, 15) is 0 Å². The first kappa shape index (κ1) is 9.03. The zero-order valence-electron chi connectivity index (χ0n) is 7.54. The Morgan fingerprint density at radius 2 is 2.54 bits per heavy atom. The summed E-state index contributed by atoms with van der Waals surface area (Å²) in [5.74, 6) is 0.701. The Labute approximate surface area is 82.9 Å². The molecule has 1 atom stereocenters. The second-order valence-electron chi connectivity index (χ2n) is 3.61. The maximum Gasteiger partial charge on any atom is 0.150 e. The molecule has 0 amide bonds. The van der Waals surface area contributed by atoms with E-state index in [1.54, 1.807) is 0 Å². The van der Waals surface area contributed by atoms with Gasteiger partial charge in [0.05, 0.1) is 12.0 Å². The van der Waals surface area contributed by atoms with Crippen LogP contribution in [0.1, 0.15) is 18.5 Å². The Morgan fingerprint density at radius 1 is 1.69 bits per heavy atom. The first-order valence-electron chi connectivity index (χ1n) is 4.71. The van der Waals surface area contributed by atoms with Crippen molar-refractivity contribution in [1.29, 1.82) is 0 Å². The van der Waals surface area contributed by atoms with Gasteiger partial charge in [-0.3, -0.25) is 0 Å². The van der Waals surface area contributed by atoms with Gasteiger partial charge in [-0.15, -0.1) is 0 Å². The normalized spacial score (nSPS) is 21.5. The van der Waals surface area contributed by atoms with Crippen molar-refractivity contribution >= 4 is 11.6 Å². The lowest BCUT2D eigenvalue weighted by Gasteiger charge is -2.23. The molecule has 72 valence electrons. The number of aryl methyl sites for hydroxylation is 1. The third-order valence-corrected chi connectivity index (χ3v) is 3.05. The minimum absolute atomic E-state index is 0.668. The van der Waals surface area contributed by atoms with Crippen LogP contribution in [0.4, 0.5) is 0 Å². The van der Waals surface area contributed by atoms with Crippen molar-refractivity contribution in [3.8, 4) is 0 Å². The summed E-state index contributed by atoms with van der Waals surface area (Å²) >= 11 is 5.96. The van der Waals surface area contributed by atoms with Gasteiger partial charge in [-0.05, 0) is 31.7 Å². The molecule has 2 heterocycles. The Hall–Kier alpha value is -0.540. The van der Waals surface area contributed by atoms with Crippen molar-refractivity contribution in [3.63, 3.8) is 0 Å². The maximum atomic E-state index is 5.96. The molecule has 0 saturated heterocycles. The molecular weight excluding hydrogens is 186 g/mol. The van der Waals surface area contributed by atoms with Crippen LogP contribution in [0.25, 0.3) is 0 Å². The van der Waals surface area contributed by atoms with Crippen LogP contribution in [0.5, 0.6) is 0 Å². The van der Waals surface area contributed by atoms with E-state index >= 15 is 0 Å². The molecule has 3 nitrogen and oxygen atoms in total. The maximum absolute atomic E-state index is 5.96. The molecular formula is C9H14ClN3. The number of hydrogen-bond donors (Lipinski definition) is 1. The number of hydrogen-bond acceptors (Lipinski definition) is 2. The first-order valence-corrected chi connectivity index (χ1v) is 5.08. The van der Waals surface area contributed by atoms with Crippen molar-refractivity contribution in [2.45, 2.75) is 25.8 Å². The van der Waals surface area contributed by atoms with Gasteiger partial charge in [0, 0.05) is 6.54 Å². The number of nitrogens with zero attached hydrogens (tertiary/aromatic N) is 2. The summed E-state index contributed by atoms with van der Waals surface area (Å²) in [4.78, 5) is 4.09. The summed E-state index contributed by atoms with van der Waals surface area (Å²) in [6.45, 7) is 1.82. The molecule has 0 aromatic carbocycles. The molecule has 0 fully saturated rings. The van der Waals surface area contributed by atoms with Crippen LogP contribution in [0.15, 0.2) is 6.33 Å². The Morgan fingerprint density at radius 3 is 3.31 bits per heavy atom. The van der Waals surface area contributed by atoms with E-state index in [4.69, 9.17) is 17.3 Å². The SMILES string of the molecule is NCCC1CCn2cnc(Cl)c2C1. The number of rotatable bonds is 2. The largest absolute Gasteiger partial charge is 0.333 e. The van der Waals surface area contributed by atoms with Crippen LogP contribution >= 0.6 is 11.6 Å². The highest BCUT2D eigenvalue weighted by atomic mass is 35.5. The van der Waals surface area contributed by atoms with Gasteiger partial charge in [-0.2, -0.15) is 0 Å². The second kappa shape index (κ2) is 3.68. The lowest BCUT2D eigenvalue weighted by atomic mass is 9.93. The van der Waals surface area contributed by atoms with E-state index in [0.717, 1.165) is 25.9 Å². The molecule has 4 heteroatoms. The van der Waals surface area contributed by atoms with Crippen LogP contribution < -0.4 is 5.73 Å². The molecule has 0 saturated carbocycles. The highest BCUT2D eigenvalue weighted by molar-refractivity contribution is 6.30. The molecule has 2 rings (SSSR count). The fourth-order valence-corrected chi connectivity index (χ4v) is 2.19. The topological polar surface area (TPSA) is 43.8 Å². The molecule has 2 N–H and O–H groups in total. The number of aromatic nitrogens is 2. The number of nitrogens with two attached hydrogens (primary N) is 1. The molecule has 13 heavy (non-hydrogen) atoms. The van der Waals surface area contributed by atoms with E-state index in [1.165, 1.54) is 12.1 Å². The molecule has 0 spiro atoms. The fraction of sp³-hybridized carbons (Fsp3) is 0.667. The second-order valence-corrected chi connectivity index (χ2v) is 3.97. The van der Waals surface area contributed by atoms with Crippen molar-refractivity contribution in [1.82, 2.24) is 9.55 Å². The zero-order valence-corrected chi connectivity index (χ0v) is 8.30. The Bertz CT molecular complexity index is 295. The van der Waals surface area contributed by atoms with E-state index < -0.39 is 0 Å². The van der Waals surface area contributed by atoms with Gasteiger partial charge in [0.2, 0.25) is 0 Å². The van der Waals surface area contributed by atoms with E-state index in [1.807, 2.05) is 6.33 Å². The van der Waals surface area contributed by atoms with Crippen molar-refractivity contribution in [3.05, 3.63) is 17.2 Å². The first-order chi connectivity index (χ1) is 6.31. The van der Waals surface area contributed by atoms with Gasteiger partial charge in [0.15, 0.2) is 0 Å². The third-order valence-electron chi connectivity index (χ3n) is 2.73. The van der Waals surface area contributed by atoms with Crippen LogP contribution in [-0.2, 0) is 13.0 Å². The lowest BCUT2D eigenvalue weighted by molar-refractivity contribution is 0.371. The third kappa shape index (κ3) is 1.71. The van der Waals surface area contributed by atoms with Gasteiger partial charge in [0.1, 0.15) is 5.15 Å². The Balaban J connectivity index is 2.13. The molecule has 0 radical (unpaired) electrons. The fourth-order valence-electron chi connectivity index (χ4n) is 1.96. The monoisotopic (exact) mass is 199 g/mol. The quantitative estimate of drug-likeness (QED) is 0.784. The standard InChI is InChI=1S/C9H14ClN3/c10-9-8-5-7(1-3-11)2-4-13(8)6-12-9/h6-7H,1-5,11H2. The summed E-state index contributed by atoms with van der Waals surface area (Å²) in [6, 6.07) is 0. The predicted molar refractivity (Wildman–Crippen MR) is 52.7 cm³/mol. The van der Waals surface area contributed by atoms with E-state index in [-0.39, 0.29) is 0 Å². The summed E-state index contributed by atoms with van der Waals surface area (Å²) < 4.78 is 2.15. The summed E-state index contributed by atoms with van der Waals surface area (Å²) in [7, 11) is 0. The number of halogens is 1. The number of imidazole rings is 1. The Kier molecular flexibility index (Phi) is 2.56. The van der Waals surface area contributed by atoms with Crippen LogP contribution in [-0.4, -0.2) is 16.1 Å². The summed E-state index contributed by atoms with van der Waals surface area (Å²) in [5, 5.41) is 0.668. The van der Waals surface area contributed by atoms with Gasteiger partial charge in [-0.25, -0.2) is 4.98 Å². The molecule has 1 aromatic heterocycles. The highest BCUT2D eigenvalue weighted by Gasteiger charge is 2.20. The van der Waals surface area contributed by atoms with Gasteiger partial charge >= 0.3 is 0 Å². The van der Waals surface area contributed by atoms with Crippen molar-refractivity contribution in [2.24, 2.45) is 11.7 Å². The van der Waals surface area contributed by atoms with Gasteiger partial charge in [0.25, 0.3) is 0 Å². The van der Waals surface area contributed by atoms with Gasteiger partial charge < -0.3 is 10.3 Å². The van der Waals surface area contributed by atoms with Crippen LogP contribution in [0, 0.1) is 5.92 Å². The van der Waals surface area contributed by atoms with Crippen molar-refractivity contribution in [2.75, 3.05) is 6.54 Å². The summed E-state index contributed by atoms with van der Waals surface area (Å²) in [5.41, 5.74) is 6.72. The average Bonchev–Trinajstić information content (AvgIpc) is 2.49. The van der Waals surface area contributed by atoms with Gasteiger partial charge in [-0.1, -0.05) is 11.6 Å². The van der Waals surface area contributed by atoms with E-state index in [2.05, 4.69) is 9.55 Å². The average molecular weight is 200 g/mol. The van der Waals surface area contributed by atoms with Crippen LogP contribution in [0.2, 0.25) is 5.15 Å². The van der Waals surface area contributed by atoms with Crippen molar-refractivity contribution < 1.29 is 0 Å². The molecule has 1 aliphatic rings. The lowest BCUT2D eigenvalue weighted by Crippen LogP contribution is -2.20. The molecule has 0 bridgehead atoms. The molecule has 1 aromatic rings. The molecule has 0 aliphatic carbocycles. The number of fused-ring (bicyclic) bond motifs is 1.